The first-order chi connectivity index (χ1) is 11.1. The van der Waals surface area contributed by atoms with Crippen molar-refractivity contribution in [1.29, 1.82) is 0 Å². The molecule has 3 rings (SSSR count). The molecule has 0 radical (unpaired) electrons. The number of nitrogens with one attached hydrogen (secondary N) is 2. The Labute approximate surface area is 145 Å². The number of aromatic amines is 1. The van der Waals surface area contributed by atoms with Crippen LogP contribution in [0.25, 0.3) is 11.0 Å². The highest BCUT2D eigenvalue weighted by Gasteiger charge is 2.25. The number of imidazole rings is 1. The zero-order valence-corrected chi connectivity index (χ0v) is 14.5. The summed E-state index contributed by atoms with van der Waals surface area (Å²) < 4.78 is 0. The van der Waals surface area contributed by atoms with Crippen LogP contribution in [0, 0.1) is 0 Å². The molecule has 0 spiro atoms. The van der Waals surface area contributed by atoms with Gasteiger partial charge < -0.3 is 15.2 Å². The Bertz CT molecular complexity index is 668. The van der Waals surface area contributed by atoms with Crippen molar-refractivity contribution in [2.75, 3.05) is 19.6 Å². The van der Waals surface area contributed by atoms with E-state index in [4.69, 9.17) is 23.2 Å². The van der Waals surface area contributed by atoms with Crippen molar-refractivity contribution >= 4 is 40.3 Å². The van der Waals surface area contributed by atoms with Crippen molar-refractivity contribution in [3.05, 3.63) is 28.0 Å². The summed E-state index contributed by atoms with van der Waals surface area (Å²) in [5.74, 6) is 1.28. The number of carbonyl (C=O) groups is 1. The number of benzene rings is 1. The molecule has 124 valence electrons. The number of urea groups is 1. The van der Waals surface area contributed by atoms with Crippen LogP contribution in [0.3, 0.4) is 0 Å². The van der Waals surface area contributed by atoms with Crippen LogP contribution in [0.2, 0.25) is 10.0 Å². The number of amides is 2. The van der Waals surface area contributed by atoms with Crippen LogP contribution < -0.4 is 5.32 Å². The summed E-state index contributed by atoms with van der Waals surface area (Å²) in [7, 11) is 0. The highest BCUT2D eigenvalue weighted by molar-refractivity contribution is 6.42. The number of nitrogens with zero attached hydrogens (tertiary/aromatic N) is 2. The fourth-order valence-corrected chi connectivity index (χ4v) is 3.24. The summed E-state index contributed by atoms with van der Waals surface area (Å²) in [4.78, 5) is 21.8. The van der Waals surface area contributed by atoms with Gasteiger partial charge in [0.25, 0.3) is 0 Å². The third-order valence-electron chi connectivity index (χ3n) is 4.24. The average Bonchev–Trinajstić information content (AvgIpc) is 2.96. The Morgan fingerprint density at radius 3 is 2.74 bits per heavy atom. The molecule has 0 atom stereocenters. The summed E-state index contributed by atoms with van der Waals surface area (Å²) in [6, 6.07) is 3.63. The zero-order valence-electron chi connectivity index (χ0n) is 13.0. The molecule has 5 nitrogen and oxygen atoms in total. The number of fused-ring (bicyclic) bond motifs is 1. The van der Waals surface area contributed by atoms with Crippen molar-refractivity contribution < 1.29 is 4.79 Å². The number of halogens is 2. The summed E-state index contributed by atoms with van der Waals surface area (Å²) in [6.07, 6.45) is 2.76. The van der Waals surface area contributed by atoms with E-state index in [0.29, 0.717) is 16.0 Å². The van der Waals surface area contributed by atoms with Crippen molar-refractivity contribution in [1.82, 2.24) is 20.2 Å². The van der Waals surface area contributed by atoms with E-state index in [1.807, 2.05) is 17.9 Å². The lowest BCUT2D eigenvalue weighted by atomic mass is 9.96. The highest BCUT2D eigenvalue weighted by atomic mass is 35.5. The van der Waals surface area contributed by atoms with Crippen LogP contribution in [0.5, 0.6) is 0 Å². The molecule has 0 aliphatic carbocycles. The summed E-state index contributed by atoms with van der Waals surface area (Å²) in [5.41, 5.74) is 1.73. The minimum Gasteiger partial charge on any atom is -0.342 e. The number of hydrogen-bond acceptors (Lipinski definition) is 2. The highest BCUT2D eigenvalue weighted by Crippen LogP contribution is 2.31. The number of hydrogen-bond donors (Lipinski definition) is 2. The van der Waals surface area contributed by atoms with Crippen LogP contribution in [0.1, 0.15) is 37.9 Å². The molecule has 2 N–H and O–H groups in total. The molecular weight excluding hydrogens is 335 g/mol. The largest absolute Gasteiger partial charge is 0.342 e. The van der Waals surface area contributed by atoms with Crippen molar-refractivity contribution in [3.63, 3.8) is 0 Å². The summed E-state index contributed by atoms with van der Waals surface area (Å²) in [6.45, 7) is 4.27. The smallest absolute Gasteiger partial charge is 0.317 e. The van der Waals surface area contributed by atoms with Gasteiger partial charge in [-0.2, -0.15) is 0 Å². The van der Waals surface area contributed by atoms with Crippen LogP contribution in [0.4, 0.5) is 4.79 Å². The van der Waals surface area contributed by atoms with Crippen molar-refractivity contribution in [3.8, 4) is 0 Å². The molecule has 2 heterocycles. The predicted octanol–water partition coefficient (Wildman–Crippen LogP) is 4.17. The van der Waals surface area contributed by atoms with Gasteiger partial charge in [-0.3, -0.25) is 0 Å². The molecule has 0 unspecified atom stereocenters. The standard InChI is InChI=1S/C16H20Cl2N4O/c1-2-5-19-16(23)22-6-3-10(4-7-22)15-20-13-8-11(17)12(18)9-14(13)21-15/h8-10H,2-7H2,1H3,(H,19,23)(H,20,21). The predicted molar refractivity (Wildman–Crippen MR) is 93.4 cm³/mol. The Balaban J connectivity index is 1.67. The van der Waals surface area contributed by atoms with Gasteiger partial charge in [0.2, 0.25) is 0 Å². The van der Waals surface area contributed by atoms with E-state index in [-0.39, 0.29) is 6.03 Å². The number of carbonyl (C=O) groups excluding carboxylic acids is 1. The molecule has 1 aliphatic heterocycles. The van der Waals surface area contributed by atoms with Crippen LogP contribution >= 0.6 is 23.2 Å². The molecular formula is C16H20Cl2N4O. The minimum absolute atomic E-state index is 0.0356. The molecule has 2 amide bonds. The Morgan fingerprint density at radius 2 is 2.04 bits per heavy atom. The maximum absolute atomic E-state index is 12.0. The third kappa shape index (κ3) is 3.56. The topological polar surface area (TPSA) is 61.0 Å². The second-order valence-electron chi connectivity index (χ2n) is 5.90. The first kappa shape index (κ1) is 16.4. The van der Waals surface area contributed by atoms with Crippen LogP contribution in [-0.2, 0) is 0 Å². The van der Waals surface area contributed by atoms with E-state index in [2.05, 4.69) is 15.3 Å². The van der Waals surface area contributed by atoms with E-state index in [9.17, 15) is 4.79 Å². The van der Waals surface area contributed by atoms with Gasteiger partial charge in [-0.05, 0) is 31.4 Å². The monoisotopic (exact) mass is 354 g/mol. The van der Waals surface area contributed by atoms with Crippen LogP contribution in [-0.4, -0.2) is 40.5 Å². The normalized spacial score (nSPS) is 16.0. The van der Waals surface area contributed by atoms with E-state index >= 15 is 0 Å². The second kappa shape index (κ2) is 6.97. The number of likely N-dealkylation sites (tertiary alicyclic amines) is 1. The van der Waals surface area contributed by atoms with E-state index in [0.717, 1.165) is 55.8 Å². The summed E-state index contributed by atoms with van der Waals surface area (Å²) >= 11 is 12.1. The molecule has 1 fully saturated rings. The van der Waals surface area contributed by atoms with Gasteiger partial charge in [0, 0.05) is 25.6 Å². The number of aromatic nitrogens is 2. The number of H-pyrrole nitrogens is 1. The lowest BCUT2D eigenvalue weighted by Gasteiger charge is -2.31. The second-order valence-corrected chi connectivity index (χ2v) is 6.71. The molecule has 0 saturated carbocycles. The average molecular weight is 355 g/mol. The molecule has 1 aromatic heterocycles. The zero-order chi connectivity index (χ0) is 16.4. The third-order valence-corrected chi connectivity index (χ3v) is 4.96. The Hall–Kier alpha value is -1.46. The lowest BCUT2D eigenvalue weighted by Crippen LogP contribution is -2.44. The Morgan fingerprint density at radius 1 is 1.35 bits per heavy atom. The van der Waals surface area contributed by atoms with E-state index in [1.165, 1.54) is 0 Å². The fourth-order valence-electron chi connectivity index (χ4n) is 2.92. The lowest BCUT2D eigenvalue weighted by molar-refractivity contribution is 0.180. The fraction of sp³-hybridized carbons (Fsp3) is 0.500. The molecule has 23 heavy (non-hydrogen) atoms. The van der Waals surface area contributed by atoms with Crippen molar-refractivity contribution in [2.45, 2.75) is 32.1 Å². The SMILES string of the molecule is CCCNC(=O)N1CCC(c2nc3cc(Cl)c(Cl)cc3[nH]2)CC1. The number of rotatable bonds is 3. The van der Waals surface area contributed by atoms with Gasteiger partial charge >= 0.3 is 6.03 Å². The van der Waals surface area contributed by atoms with Gasteiger partial charge in [0.15, 0.2) is 0 Å². The van der Waals surface area contributed by atoms with Gasteiger partial charge in [0.1, 0.15) is 5.82 Å². The molecule has 1 aliphatic rings. The first-order valence-corrected chi connectivity index (χ1v) is 8.71. The molecule has 2 aromatic rings. The van der Waals surface area contributed by atoms with Crippen LogP contribution in [0.15, 0.2) is 12.1 Å². The molecule has 1 saturated heterocycles. The van der Waals surface area contributed by atoms with Crippen molar-refractivity contribution in [2.24, 2.45) is 0 Å². The summed E-state index contributed by atoms with van der Waals surface area (Å²) in [5, 5.41) is 3.96. The number of piperidine rings is 1. The van der Waals surface area contributed by atoms with E-state index in [1.54, 1.807) is 6.07 Å². The molecule has 7 heteroatoms. The molecule has 1 aromatic carbocycles. The Kier molecular flexibility index (Phi) is 4.97. The maximum atomic E-state index is 12.0. The quantitative estimate of drug-likeness (QED) is 0.868. The van der Waals surface area contributed by atoms with Gasteiger partial charge in [-0.1, -0.05) is 30.1 Å². The van der Waals surface area contributed by atoms with Gasteiger partial charge in [-0.15, -0.1) is 0 Å². The maximum Gasteiger partial charge on any atom is 0.317 e. The van der Waals surface area contributed by atoms with Gasteiger partial charge in [-0.25, -0.2) is 9.78 Å². The van der Waals surface area contributed by atoms with E-state index < -0.39 is 0 Å². The molecule has 0 bridgehead atoms. The minimum atomic E-state index is 0.0356. The first-order valence-electron chi connectivity index (χ1n) is 7.96. The van der Waals surface area contributed by atoms with Gasteiger partial charge in [0.05, 0.1) is 21.1 Å².